The van der Waals surface area contributed by atoms with Crippen LogP contribution in [0.2, 0.25) is 0 Å². The Labute approximate surface area is 112 Å². The van der Waals surface area contributed by atoms with Crippen molar-refractivity contribution in [2.45, 2.75) is 6.92 Å². The molecule has 0 bridgehead atoms. The van der Waals surface area contributed by atoms with Gasteiger partial charge in [0.25, 0.3) is 0 Å². The van der Waals surface area contributed by atoms with E-state index in [0.717, 1.165) is 6.54 Å². The molecule has 9 heteroatoms. The molecule has 0 unspecified atom stereocenters. The molecule has 0 saturated heterocycles. The minimum atomic E-state index is -0.702. The van der Waals surface area contributed by atoms with Crippen LogP contribution in [0.3, 0.4) is 0 Å². The number of methoxy groups -OCH3 is 2. The standard InChI is InChI=1S/C10H19NO6.H4N2/c1-4-11(5-7-16-9(12)14-2)6-8-17-10(13)15-3;1-2/h4-8H2,1-3H3;1-2H2. The Balaban J connectivity index is 0. The third kappa shape index (κ3) is 12.7. The van der Waals surface area contributed by atoms with Gasteiger partial charge >= 0.3 is 12.3 Å². The summed E-state index contributed by atoms with van der Waals surface area (Å²) in [5, 5.41) is 0. The molecule has 0 heterocycles. The molecule has 4 N–H and O–H groups in total. The molecule has 0 aromatic heterocycles. The first-order valence-corrected chi connectivity index (χ1v) is 5.61. The highest BCUT2D eigenvalue weighted by molar-refractivity contribution is 5.59. The lowest BCUT2D eigenvalue weighted by Gasteiger charge is -2.19. The van der Waals surface area contributed by atoms with Gasteiger partial charge in [0.1, 0.15) is 13.2 Å². The molecule has 114 valence electrons. The maximum atomic E-state index is 10.7. The quantitative estimate of drug-likeness (QED) is 0.367. The summed E-state index contributed by atoms with van der Waals surface area (Å²) in [6, 6.07) is 0. The molecule has 0 aliphatic carbocycles. The van der Waals surface area contributed by atoms with Gasteiger partial charge < -0.3 is 18.9 Å². The number of hydrazine groups is 1. The Morgan fingerprint density at radius 3 is 1.58 bits per heavy atom. The smallest absolute Gasteiger partial charge is 0.438 e. The summed E-state index contributed by atoms with van der Waals surface area (Å²) < 4.78 is 18.1. The van der Waals surface area contributed by atoms with Gasteiger partial charge in [-0.05, 0) is 6.54 Å². The number of rotatable bonds is 7. The zero-order valence-corrected chi connectivity index (χ0v) is 11.6. The SMILES string of the molecule is CCN(CCOC(=O)OC)CCOC(=O)OC.NN. The highest BCUT2D eigenvalue weighted by atomic mass is 16.7. The first-order chi connectivity index (χ1) is 9.13. The fourth-order valence-corrected chi connectivity index (χ4v) is 1.06. The topological polar surface area (TPSA) is 126 Å². The molecule has 0 fully saturated rings. The van der Waals surface area contributed by atoms with Crippen molar-refractivity contribution in [3.63, 3.8) is 0 Å². The van der Waals surface area contributed by atoms with E-state index in [1.54, 1.807) is 0 Å². The van der Waals surface area contributed by atoms with E-state index in [1.807, 2.05) is 11.8 Å². The van der Waals surface area contributed by atoms with Crippen LogP contribution in [0.15, 0.2) is 0 Å². The van der Waals surface area contributed by atoms with E-state index in [0.29, 0.717) is 13.1 Å². The lowest BCUT2D eigenvalue weighted by Crippen LogP contribution is -2.32. The van der Waals surface area contributed by atoms with Gasteiger partial charge in [0, 0.05) is 13.1 Å². The maximum Gasteiger partial charge on any atom is 0.508 e. The van der Waals surface area contributed by atoms with Crippen molar-refractivity contribution in [1.82, 2.24) is 4.90 Å². The minimum Gasteiger partial charge on any atom is -0.438 e. The summed E-state index contributed by atoms with van der Waals surface area (Å²) >= 11 is 0. The summed E-state index contributed by atoms with van der Waals surface area (Å²) in [7, 11) is 2.51. The molecule has 0 aromatic carbocycles. The van der Waals surface area contributed by atoms with Gasteiger partial charge in [-0.15, -0.1) is 0 Å². The molecule has 0 aliphatic heterocycles. The number of nitrogens with zero attached hydrogens (tertiary/aromatic N) is 1. The molecular formula is C10H23N3O6. The molecule has 0 amide bonds. The second-order valence-corrected chi connectivity index (χ2v) is 3.04. The van der Waals surface area contributed by atoms with Gasteiger partial charge in [-0.3, -0.25) is 16.6 Å². The predicted octanol–water partition coefficient (Wildman–Crippen LogP) is -0.307. The van der Waals surface area contributed by atoms with Crippen molar-refractivity contribution in [2.75, 3.05) is 47.1 Å². The summed E-state index contributed by atoms with van der Waals surface area (Å²) in [6.07, 6.45) is -1.40. The van der Waals surface area contributed by atoms with Crippen molar-refractivity contribution in [3.05, 3.63) is 0 Å². The van der Waals surface area contributed by atoms with Crippen LogP contribution in [0.5, 0.6) is 0 Å². The molecule has 0 rings (SSSR count). The average Bonchev–Trinajstić information content (AvgIpc) is 2.47. The van der Waals surface area contributed by atoms with Gasteiger partial charge in [0.05, 0.1) is 14.2 Å². The van der Waals surface area contributed by atoms with Gasteiger partial charge in [-0.1, -0.05) is 6.92 Å². The summed E-state index contributed by atoms with van der Waals surface area (Å²) in [5.41, 5.74) is 0. The van der Waals surface area contributed by atoms with Crippen LogP contribution in [-0.4, -0.2) is 64.3 Å². The number of hydrogen-bond donors (Lipinski definition) is 2. The van der Waals surface area contributed by atoms with Crippen LogP contribution in [0.1, 0.15) is 6.92 Å². The highest BCUT2D eigenvalue weighted by Crippen LogP contribution is 1.91. The fourth-order valence-electron chi connectivity index (χ4n) is 1.06. The number of hydrogen-bond acceptors (Lipinski definition) is 9. The molecule has 0 saturated carbocycles. The Morgan fingerprint density at radius 2 is 1.32 bits per heavy atom. The monoisotopic (exact) mass is 281 g/mol. The molecule has 0 radical (unpaired) electrons. The first-order valence-electron chi connectivity index (χ1n) is 5.61. The van der Waals surface area contributed by atoms with Crippen LogP contribution in [0.25, 0.3) is 0 Å². The van der Waals surface area contributed by atoms with Crippen molar-refractivity contribution in [3.8, 4) is 0 Å². The number of carbonyl (C=O) groups is 2. The van der Waals surface area contributed by atoms with Crippen LogP contribution < -0.4 is 11.7 Å². The van der Waals surface area contributed by atoms with Crippen molar-refractivity contribution >= 4 is 12.3 Å². The van der Waals surface area contributed by atoms with Crippen LogP contribution in [-0.2, 0) is 18.9 Å². The van der Waals surface area contributed by atoms with Crippen LogP contribution in [0.4, 0.5) is 9.59 Å². The van der Waals surface area contributed by atoms with Gasteiger partial charge in [0.15, 0.2) is 0 Å². The molecule has 0 spiro atoms. The van der Waals surface area contributed by atoms with Crippen molar-refractivity contribution in [2.24, 2.45) is 11.7 Å². The average molecular weight is 281 g/mol. The Hall–Kier alpha value is -1.58. The molecule has 0 aliphatic rings. The third-order valence-corrected chi connectivity index (χ3v) is 2.04. The van der Waals surface area contributed by atoms with Gasteiger partial charge in [-0.25, -0.2) is 9.59 Å². The number of likely N-dealkylation sites (N-methyl/N-ethyl adjacent to an activating group) is 1. The molecule has 19 heavy (non-hydrogen) atoms. The predicted molar refractivity (Wildman–Crippen MR) is 67.2 cm³/mol. The highest BCUT2D eigenvalue weighted by Gasteiger charge is 2.07. The van der Waals surface area contributed by atoms with Crippen LogP contribution in [0, 0.1) is 0 Å². The zero-order valence-electron chi connectivity index (χ0n) is 11.6. The molecule has 9 nitrogen and oxygen atoms in total. The number of carbonyl (C=O) groups excluding carboxylic acids is 2. The molecule has 0 aromatic rings. The Kier molecular flexibility index (Phi) is 15.1. The minimum absolute atomic E-state index is 0.235. The Morgan fingerprint density at radius 1 is 0.947 bits per heavy atom. The number of nitrogens with two attached hydrogens (primary N) is 2. The lowest BCUT2D eigenvalue weighted by molar-refractivity contribution is 0.0519. The summed E-state index contributed by atoms with van der Waals surface area (Å²) in [6.45, 7) is 4.29. The third-order valence-electron chi connectivity index (χ3n) is 2.04. The van der Waals surface area contributed by atoms with E-state index in [-0.39, 0.29) is 13.2 Å². The second-order valence-electron chi connectivity index (χ2n) is 3.04. The lowest BCUT2D eigenvalue weighted by atomic mass is 10.5. The Bertz CT molecular complexity index is 217. The van der Waals surface area contributed by atoms with Crippen molar-refractivity contribution < 1.29 is 28.5 Å². The van der Waals surface area contributed by atoms with E-state index < -0.39 is 12.3 Å². The molecular weight excluding hydrogens is 258 g/mol. The van der Waals surface area contributed by atoms with Crippen LogP contribution >= 0.6 is 0 Å². The van der Waals surface area contributed by atoms with Crippen molar-refractivity contribution in [1.29, 1.82) is 0 Å². The number of ether oxygens (including phenoxy) is 4. The van der Waals surface area contributed by atoms with E-state index in [2.05, 4.69) is 21.2 Å². The van der Waals surface area contributed by atoms with Gasteiger partial charge in [0.2, 0.25) is 0 Å². The van der Waals surface area contributed by atoms with E-state index in [4.69, 9.17) is 9.47 Å². The largest absolute Gasteiger partial charge is 0.508 e. The van der Waals surface area contributed by atoms with E-state index in [1.165, 1.54) is 14.2 Å². The molecule has 0 atom stereocenters. The summed E-state index contributed by atoms with van der Waals surface area (Å²) in [4.78, 5) is 23.3. The maximum absolute atomic E-state index is 10.7. The van der Waals surface area contributed by atoms with Gasteiger partial charge in [-0.2, -0.15) is 0 Å². The van der Waals surface area contributed by atoms with E-state index >= 15 is 0 Å². The van der Waals surface area contributed by atoms with E-state index in [9.17, 15) is 9.59 Å². The zero-order chi connectivity index (χ0) is 15.1. The fraction of sp³-hybridized carbons (Fsp3) is 0.800. The normalized spacial score (nSPS) is 9.16. The summed E-state index contributed by atoms with van der Waals surface area (Å²) in [5.74, 6) is 8.00. The first kappa shape index (κ1) is 19.8. The second kappa shape index (κ2) is 14.5.